The molecule has 1 atom stereocenters. The van der Waals surface area contributed by atoms with Crippen molar-refractivity contribution in [2.75, 3.05) is 18.5 Å². The molecule has 0 aliphatic rings. The predicted molar refractivity (Wildman–Crippen MR) is 78.2 cm³/mol. The predicted octanol–water partition coefficient (Wildman–Crippen LogP) is 3.40. The highest BCUT2D eigenvalue weighted by Crippen LogP contribution is 2.15. The third-order valence-corrected chi connectivity index (χ3v) is 2.82. The Labute approximate surface area is 111 Å². The number of ether oxygens (including phenoxy) is 1. The number of nitrogens with two attached hydrogens (primary N) is 1. The van der Waals surface area contributed by atoms with E-state index >= 15 is 0 Å². The van der Waals surface area contributed by atoms with E-state index in [4.69, 9.17) is 10.5 Å². The number of hydrogen-bond donors (Lipinski definition) is 2. The van der Waals surface area contributed by atoms with Crippen molar-refractivity contribution in [1.82, 2.24) is 0 Å². The average Bonchev–Trinajstić information content (AvgIpc) is 2.41. The second-order valence-electron chi connectivity index (χ2n) is 4.66. The summed E-state index contributed by atoms with van der Waals surface area (Å²) in [7, 11) is 0. The highest BCUT2D eigenvalue weighted by molar-refractivity contribution is 5.46. The smallest absolute Gasteiger partial charge is 0.119 e. The van der Waals surface area contributed by atoms with Gasteiger partial charge >= 0.3 is 0 Å². The molecule has 18 heavy (non-hydrogen) atoms. The van der Waals surface area contributed by atoms with Crippen LogP contribution in [0, 0.1) is 0 Å². The molecule has 0 heterocycles. The average molecular weight is 250 g/mol. The fourth-order valence-electron chi connectivity index (χ4n) is 1.71. The molecule has 0 spiro atoms. The van der Waals surface area contributed by atoms with Gasteiger partial charge in [-0.2, -0.15) is 0 Å². The van der Waals surface area contributed by atoms with Crippen molar-refractivity contribution in [3.63, 3.8) is 0 Å². The zero-order valence-corrected chi connectivity index (χ0v) is 11.6. The van der Waals surface area contributed by atoms with Gasteiger partial charge in [0, 0.05) is 18.3 Å². The van der Waals surface area contributed by atoms with Crippen LogP contribution in [0.25, 0.3) is 0 Å². The van der Waals surface area contributed by atoms with E-state index in [-0.39, 0.29) is 6.04 Å². The number of unbranched alkanes of at least 4 members (excludes halogenated alkanes) is 1. The van der Waals surface area contributed by atoms with Gasteiger partial charge in [-0.1, -0.05) is 26.7 Å². The van der Waals surface area contributed by atoms with Crippen LogP contribution in [0.3, 0.4) is 0 Å². The fourth-order valence-corrected chi connectivity index (χ4v) is 1.71. The van der Waals surface area contributed by atoms with Crippen molar-refractivity contribution in [1.29, 1.82) is 0 Å². The maximum Gasteiger partial charge on any atom is 0.119 e. The van der Waals surface area contributed by atoms with Crippen molar-refractivity contribution in [2.24, 2.45) is 5.73 Å². The van der Waals surface area contributed by atoms with Crippen LogP contribution in [0.1, 0.15) is 39.5 Å². The van der Waals surface area contributed by atoms with Crippen LogP contribution in [0.15, 0.2) is 24.3 Å². The topological polar surface area (TPSA) is 47.3 Å². The van der Waals surface area contributed by atoms with Crippen LogP contribution in [-0.4, -0.2) is 19.2 Å². The third kappa shape index (κ3) is 5.92. The van der Waals surface area contributed by atoms with Crippen LogP contribution < -0.4 is 15.8 Å². The van der Waals surface area contributed by atoms with E-state index < -0.39 is 0 Å². The Balaban J connectivity index is 2.30. The van der Waals surface area contributed by atoms with Crippen LogP contribution in [0.5, 0.6) is 5.75 Å². The van der Waals surface area contributed by atoms with E-state index in [1.807, 2.05) is 24.3 Å². The first-order valence-electron chi connectivity index (χ1n) is 6.98. The van der Waals surface area contributed by atoms with Crippen LogP contribution in [0.2, 0.25) is 0 Å². The highest BCUT2D eigenvalue weighted by atomic mass is 16.5. The molecule has 3 heteroatoms. The lowest BCUT2D eigenvalue weighted by Crippen LogP contribution is -2.28. The van der Waals surface area contributed by atoms with Gasteiger partial charge in [0.25, 0.3) is 0 Å². The maximum atomic E-state index is 6.02. The van der Waals surface area contributed by atoms with E-state index in [1.165, 1.54) is 12.8 Å². The lowest BCUT2D eigenvalue weighted by molar-refractivity contribution is 0.317. The Kier molecular flexibility index (Phi) is 7.26. The van der Waals surface area contributed by atoms with E-state index in [1.54, 1.807) is 0 Å². The van der Waals surface area contributed by atoms with Crippen molar-refractivity contribution < 1.29 is 4.74 Å². The highest BCUT2D eigenvalue weighted by Gasteiger charge is 2.01. The SMILES string of the molecule is CCCCC(N)CNc1ccc(OCCC)cc1. The van der Waals surface area contributed by atoms with Gasteiger partial charge in [-0.05, 0) is 37.1 Å². The van der Waals surface area contributed by atoms with Gasteiger partial charge in [-0.3, -0.25) is 0 Å². The molecule has 0 radical (unpaired) electrons. The second-order valence-corrected chi connectivity index (χ2v) is 4.66. The molecule has 0 aliphatic carbocycles. The molecule has 1 rings (SSSR count). The van der Waals surface area contributed by atoms with Gasteiger partial charge in [-0.15, -0.1) is 0 Å². The molecular formula is C15H26N2O. The Hall–Kier alpha value is -1.22. The monoisotopic (exact) mass is 250 g/mol. The van der Waals surface area contributed by atoms with Crippen LogP contribution in [0.4, 0.5) is 5.69 Å². The minimum absolute atomic E-state index is 0.237. The summed E-state index contributed by atoms with van der Waals surface area (Å²) >= 11 is 0. The molecule has 0 aromatic heterocycles. The number of anilines is 1. The molecule has 0 saturated heterocycles. The molecule has 0 aliphatic heterocycles. The first kappa shape index (κ1) is 14.8. The standard InChI is InChI=1S/C15H26N2O/c1-3-5-6-13(16)12-17-14-7-9-15(10-8-14)18-11-4-2/h7-10,13,17H,3-6,11-12,16H2,1-2H3. The van der Waals surface area contributed by atoms with E-state index in [0.29, 0.717) is 0 Å². The molecule has 1 aromatic carbocycles. The molecule has 0 fully saturated rings. The lowest BCUT2D eigenvalue weighted by atomic mass is 10.1. The summed E-state index contributed by atoms with van der Waals surface area (Å²) in [5.41, 5.74) is 7.12. The van der Waals surface area contributed by atoms with Gasteiger partial charge in [0.05, 0.1) is 6.61 Å². The van der Waals surface area contributed by atoms with Gasteiger partial charge in [-0.25, -0.2) is 0 Å². The summed E-state index contributed by atoms with van der Waals surface area (Å²) in [6, 6.07) is 8.31. The minimum Gasteiger partial charge on any atom is -0.494 e. The van der Waals surface area contributed by atoms with Crippen molar-refractivity contribution >= 4 is 5.69 Å². The quantitative estimate of drug-likeness (QED) is 0.706. The molecule has 3 nitrogen and oxygen atoms in total. The fraction of sp³-hybridized carbons (Fsp3) is 0.600. The minimum atomic E-state index is 0.237. The second kappa shape index (κ2) is 8.81. The maximum absolute atomic E-state index is 6.02. The summed E-state index contributed by atoms with van der Waals surface area (Å²) in [6.45, 7) is 5.90. The van der Waals surface area contributed by atoms with E-state index in [0.717, 1.165) is 37.4 Å². The molecule has 102 valence electrons. The third-order valence-electron chi connectivity index (χ3n) is 2.82. The number of benzene rings is 1. The number of rotatable bonds is 9. The zero-order chi connectivity index (χ0) is 13.2. The lowest BCUT2D eigenvalue weighted by Gasteiger charge is -2.13. The van der Waals surface area contributed by atoms with Crippen LogP contribution >= 0.6 is 0 Å². The summed E-state index contributed by atoms with van der Waals surface area (Å²) in [5, 5.41) is 3.36. The molecule has 0 amide bonds. The molecular weight excluding hydrogens is 224 g/mol. The molecule has 1 unspecified atom stereocenters. The molecule has 0 saturated carbocycles. The first-order chi connectivity index (χ1) is 8.76. The largest absolute Gasteiger partial charge is 0.494 e. The Morgan fingerprint density at radius 2 is 1.89 bits per heavy atom. The Morgan fingerprint density at radius 3 is 2.50 bits per heavy atom. The van der Waals surface area contributed by atoms with Gasteiger partial charge in [0.15, 0.2) is 0 Å². The summed E-state index contributed by atoms with van der Waals surface area (Å²) < 4.78 is 5.54. The van der Waals surface area contributed by atoms with Gasteiger partial charge < -0.3 is 15.8 Å². The number of hydrogen-bond acceptors (Lipinski definition) is 3. The molecule has 1 aromatic rings. The number of nitrogens with one attached hydrogen (secondary N) is 1. The summed E-state index contributed by atoms with van der Waals surface area (Å²) in [6.07, 6.45) is 4.53. The van der Waals surface area contributed by atoms with Gasteiger partial charge in [0.2, 0.25) is 0 Å². The Morgan fingerprint density at radius 1 is 1.17 bits per heavy atom. The van der Waals surface area contributed by atoms with Crippen LogP contribution in [-0.2, 0) is 0 Å². The van der Waals surface area contributed by atoms with Crippen molar-refractivity contribution in [3.8, 4) is 5.75 Å². The molecule has 0 bridgehead atoms. The normalized spacial score (nSPS) is 12.2. The van der Waals surface area contributed by atoms with Gasteiger partial charge in [0.1, 0.15) is 5.75 Å². The summed E-state index contributed by atoms with van der Waals surface area (Å²) in [5.74, 6) is 0.928. The van der Waals surface area contributed by atoms with Crippen molar-refractivity contribution in [2.45, 2.75) is 45.6 Å². The Bertz CT molecular complexity index is 311. The zero-order valence-electron chi connectivity index (χ0n) is 11.6. The summed E-state index contributed by atoms with van der Waals surface area (Å²) in [4.78, 5) is 0. The molecule has 3 N–H and O–H groups in total. The van der Waals surface area contributed by atoms with E-state index in [2.05, 4.69) is 19.2 Å². The van der Waals surface area contributed by atoms with E-state index in [9.17, 15) is 0 Å². The van der Waals surface area contributed by atoms with Crippen molar-refractivity contribution in [3.05, 3.63) is 24.3 Å². The first-order valence-corrected chi connectivity index (χ1v) is 6.98.